The molecule has 0 aliphatic heterocycles. The summed E-state index contributed by atoms with van der Waals surface area (Å²) in [5.74, 6) is 0.208. The number of fused-ring (bicyclic) bond motifs is 1. The van der Waals surface area contributed by atoms with Crippen LogP contribution in [-0.4, -0.2) is 28.3 Å². The number of aryl methyl sites for hydroxylation is 1. The molecule has 2 aromatic carbocycles. The fourth-order valence-electron chi connectivity index (χ4n) is 3.45. The van der Waals surface area contributed by atoms with Crippen molar-refractivity contribution in [3.8, 4) is 11.4 Å². The highest BCUT2D eigenvalue weighted by Crippen LogP contribution is 2.23. The Morgan fingerprint density at radius 3 is 2.74 bits per heavy atom. The number of hydrazone groups is 1. The smallest absolute Gasteiger partial charge is 0.277 e. The summed E-state index contributed by atoms with van der Waals surface area (Å²) in [6.45, 7) is 3.86. The highest BCUT2D eigenvalue weighted by atomic mass is 35.5. The molecule has 0 radical (unpaired) electrons. The number of amides is 1. The summed E-state index contributed by atoms with van der Waals surface area (Å²) in [5, 5.41) is 5.73. The lowest BCUT2D eigenvalue weighted by atomic mass is 10.2. The molecule has 4 rings (SSSR count). The van der Waals surface area contributed by atoms with Crippen LogP contribution in [0.5, 0.6) is 5.75 Å². The third-order valence-electron chi connectivity index (χ3n) is 4.90. The number of pyridine rings is 1. The Hall–Kier alpha value is -3.64. The van der Waals surface area contributed by atoms with Gasteiger partial charge in [0.15, 0.2) is 6.61 Å². The van der Waals surface area contributed by atoms with Crippen molar-refractivity contribution in [3.63, 3.8) is 0 Å². The van der Waals surface area contributed by atoms with E-state index >= 15 is 0 Å². The maximum Gasteiger partial charge on any atom is 0.277 e. The van der Waals surface area contributed by atoms with Crippen LogP contribution in [0, 0.1) is 13.8 Å². The number of aromatic nitrogens is 2. The lowest BCUT2D eigenvalue weighted by Gasteiger charge is -2.09. The van der Waals surface area contributed by atoms with Crippen LogP contribution in [0.1, 0.15) is 17.0 Å². The molecule has 7 heteroatoms. The number of rotatable bonds is 6. The first kappa shape index (κ1) is 20.6. The van der Waals surface area contributed by atoms with E-state index in [1.165, 1.54) is 0 Å². The van der Waals surface area contributed by atoms with Crippen molar-refractivity contribution in [1.29, 1.82) is 0 Å². The van der Waals surface area contributed by atoms with E-state index in [0.29, 0.717) is 10.8 Å². The molecule has 156 valence electrons. The number of benzene rings is 2. The second kappa shape index (κ2) is 9.02. The topological polar surface area (TPSA) is 68.5 Å². The van der Waals surface area contributed by atoms with E-state index in [9.17, 15) is 4.79 Å². The zero-order valence-corrected chi connectivity index (χ0v) is 17.9. The summed E-state index contributed by atoms with van der Waals surface area (Å²) >= 11 is 5.99. The number of hydrogen-bond donors (Lipinski definition) is 1. The molecule has 1 N–H and O–H groups in total. The van der Waals surface area contributed by atoms with E-state index in [0.717, 1.165) is 33.5 Å². The largest absolute Gasteiger partial charge is 0.481 e. The molecule has 0 aliphatic rings. The van der Waals surface area contributed by atoms with Crippen molar-refractivity contribution in [3.05, 3.63) is 88.8 Å². The van der Waals surface area contributed by atoms with Crippen molar-refractivity contribution >= 4 is 34.6 Å². The zero-order valence-electron chi connectivity index (χ0n) is 17.2. The zero-order chi connectivity index (χ0) is 21.8. The third kappa shape index (κ3) is 4.59. The van der Waals surface area contributed by atoms with Gasteiger partial charge in [0, 0.05) is 39.2 Å². The van der Waals surface area contributed by atoms with Gasteiger partial charge in [-0.2, -0.15) is 5.10 Å². The molecule has 6 nitrogen and oxygen atoms in total. The Labute approximate surface area is 185 Å². The minimum absolute atomic E-state index is 0.156. The fraction of sp³-hybridized carbons (Fsp3) is 0.125. The molecule has 2 aromatic heterocycles. The normalized spacial score (nSPS) is 11.2. The minimum atomic E-state index is -0.351. The molecular weight excluding hydrogens is 412 g/mol. The summed E-state index contributed by atoms with van der Waals surface area (Å²) < 4.78 is 7.74. The van der Waals surface area contributed by atoms with Crippen LogP contribution in [0.3, 0.4) is 0 Å². The highest BCUT2D eigenvalue weighted by Gasteiger charge is 2.10. The first-order valence-electron chi connectivity index (χ1n) is 9.76. The van der Waals surface area contributed by atoms with Gasteiger partial charge in [-0.3, -0.25) is 9.78 Å². The van der Waals surface area contributed by atoms with Crippen LogP contribution in [-0.2, 0) is 4.79 Å². The van der Waals surface area contributed by atoms with Gasteiger partial charge in [-0.1, -0.05) is 29.8 Å². The Bertz CT molecular complexity index is 1260. The van der Waals surface area contributed by atoms with E-state index in [-0.39, 0.29) is 12.5 Å². The van der Waals surface area contributed by atoms with Gasteiger partial charge in [0.25, 0.3) is 5.91 Å². The van der Waals surface area contributed by atoms with Gasteiger partial charge in [-0.15, -0.1) is 0 Å². The molecule has 0 unspecified atom stereocenters. The van der Waals surface area contributed by atoms with Crippen LogP contribution >= 0.6 is 11.6 Å². The van der Waals surface area contributed by atoms with Crippen molar-refractivity contribution in [2.45, 2.75) is 13.8 Å². The predicted octanol–water partition coefficient (Wildman–Crippen LogP) is 4.82. The fourth-order valence-corrected chi connectivity index (χ4v) is 3.57. The van der Waals surface area contributed by atoms with Crippen molar-refractivity contribution in [2.75, 3.05) is 6.61 Å². The molecule has 0 saturated heterocycles. The number of nitrogens with one attached hydrogen (secondary N) is 1. The monoisotopic (exact) mass is 432 g/mol. The number of para-hydroxylation sites is 1. The van der Waals surface area contributed by atoms with Gasteiger partial charge >= 0.3 is 0 Å². The molecule has 0 atom stereocenters. The first-order chi connectivity index (χ1) is 15.0. The maximum absolute atomic E-state index is 12.2. The lowest BCUT2D eigenvalue weighted by molar-refractivity contribution is -0.123. The van der Waals surface area contributed by atoms with Gasteiger partial charge < -0.3 is 9.30 Å². The quantitative estimate of drug-likeness (QED) is 0.350. The standard InChI is InChI=1S/C24H21ClN4O2/c1-16-13-19(17(2)29(16)21-10-8-20(25)9-11-21)14-27-28-23(30)15-31-22-7-3-5-18-6-4-12-26-24(18)22/h3-14H,15H2,1-2H3,(H,28,30)/b27-14-. The summed E-state index contributed by atoms with van der Waals surface area (Å²) in [4.78, 5) is 16.5. The molecule has 0 bridgehead atoms. The lowest BCUT2D eigenvalue weighted by Crippen LogP contribution is -2.24. The van der Waals surface area contributed by atoms with Crippen molar-refractivity contribution in [1.82, 2.24) is 15.0 Å². The van der Waals surface area contributed by atoms with Gasteiger partial charge in [0.1, 0.15) is 11.3 Å². The number of hydrogen-bond acceptors (Lipinski definition) is 4. The molecule has 0 aliphatic carbocycles. The van der Waals surface area contributed by atoms with Crippen LogP contribution < -0.4 is 10.2 Å². The van der Waals surface area contributed by atoms with Crippen LogP contribution in [0.15, 0.2) is 72.0 Å². The Morgan fingerprint density at radius 2 is 1.94 bits per heavy atom. The molecule has 4 aromatic rings. The molecule has 0 spiro atoms. The minimum Gasteiger partial charge on any atom is -0.481 e. The average Bonchev–Trinajstić information content (AvgIpc) is 3.06. The number of nitrogens with zero attached hydrogens (tertiary/aromatic N) is 3. The van der Waals surface area contributed by atoms with Gasteiger partial charge in [0.2, 0.25) is 0 Å². The average molecular weight is 433 g/mol. The summed E-state index contributed by atoms with van der Waals surface area (Å²) in [6, 6.07) is 19.1. The number of halogens is 1. The van der Waals surface area contributed by atoms with Gasteiger partial charge in [-0.05, 0) is 56.3 Å². The molecule has 31 heavy (non-hydrogen) atoms. The van der Waals surface area contributed by atoms with Crippen molar-refractivity contribution < 1.29 is 9.53 Å². The van der Waals surface area contributed by atoms with E-state index in [2.05, 4.69) is 20.1 Å². The number of carbonyl (C=O) groups excluding carboxylic acids is 1. The molecule has 0 saturated carbocycles. The maximum atomic E-state index is 12.2. The Kier molecular flexibility index (Phi) is 6.00. The summed E-state index contributed by atoms with van der Waals surface area (Å²) in [7, 11) is 0. The molecule has 2 heterocycles. The third-order valence-corrected chi connectivity index (χ3v) is 5.15. The molecule has 1 amide bonds. The van der Waals surface area contributed by atoms with Crippen LogP contribution in [0.4, 0.5) is 0 Å². The van der Waals surface area contributed by atoms with E-state index < -0.39 is 0 Å². The van der Waals surface area contributed by atoms with E-state index in [1.807, 2.05) is 68.4 Å². The Balaban J connectivity index is 1.40. The van der Waals surface area contributed by atoms with E-state index in [4.69, 9.17) is 16.3 Å². The van der Waals surface area contributed by atoms with Crippen molar-refractivity contribution in [2.24, 2.45) is 5.10 Å². The summed E-state index contributed by atoms with van der Waals surface area (Å²) in [5.41, 5.74) is 7.22. The molecular formula is C24H21ClN4O2. The van der Waals surface area contributed by atoms with Gasteiger partial charge in [-0.25, -0.2) is 5.43 Å². The second-order valence-electron chi connectivity index (χ2n) is 7.05. The van der Waals surface area contributed by atoms with E-state index in [1.54, 1.807) is 18.5 Å². The number of carbonyl (C=O) groups is 1. The summed E-state index contributed by atoms with van der Waals surface area (Å²) in [6.07, 6.45) is 3.33. The van der Waals surface area contributed by atoms with Crippen LogP contribution in [0.2, 0.25) is 5.02 Å². The first-order valence-corrected chi connectivity index (χ1v) is 10.1. The highest BCUT2D eigenvalue weighted by molar-refractivity contribution is 6.30. The Morgan fingerprint density at radius 1 is 1.16 bits per heavy atom. The number of ether oxygens (including phenoxy) is 1. The van der Waals surface area contributed by atoms with Gasteiger partial charge in [0.05, 0.1) is 6.21 Å². The predicted molar refractivity (Wildman–Crippen MR) is 123 cm³/mol. The SMILES string of the molecule is Cc1cc(/C=N\NC(=O)COc2cccc3cccnc23)c(C)n1-c1ccc(Cl)cc1. The second-order valence-corrected chi connectivity index (χ2v) is 7.49. The van der Waals surface area contributed by atoms with Crippen LogP contribution in [0.25, 0.3) is 16.6 Å². The molecule has 0 fully saturated rings.